The minimum absolute atomic E-state index is 0.499. The van der Waals surface area contributed by atoms with Crippen LogP contribution in [0.25, 0.3) is 54.6 Å². The van der Waals surface area contributed by atoms with Crippen LogP contribution < -0.4 is 4.90 Å². The Hall–Kier alpha value is -6.44. The van der Waals surface area contributed by atoms with Crippen LogP contribution >= 0.6 is 0 Å². The van der Waals surface area contributed by atoms with Crippen LogP contribution in [0.5, 0.6) is 0 Å². The van der Waals surface area contributed by atoms with Gasteiger partial charge in [0.2, 0.25) is 0 Å². The SMILES string of the molecule is Cc1cccc(N(c2ccccc2)c2cc3c(c4ccccc24)C2(c4ccccc4-c4ccccc42)c2c-3c3ccccc3c3ccccc23)c1. The molecule has 0 radical (unpaired) electrons. The van der Waals surface area contributed by atoms with Crippen molar-refractivity contribution in [1.82, 2.24) is 0 Å². The van der Waals surface area contributed by atoms with E-state index in [1.807, 2.05) is 0 Å². The molecule has 238 valence electrons. The molecule has 0 fully saturated rings. The van der Waals surface area contributed by atoms with Crippen LogP contribution in [0.15, 0.2) is 182 Å². The van der Waals surface area contributed by atoms with Gasteiger partial charge in [-0.25, -0.2) is 0 Å². The van der Waals surface area contributed by atoms with Gasteiger partial charge in [-0.15, -0.1) is 0 Å². The highest BCUT2D eigenvalue weighted by Crippen LogP contribution is 2.67. The van der Waals surface area contributed by atoms with Gasteiger partial charge in [0, 0.05) is 16.8 Å². The quantitative estimate of drug-likeness (QED) is 0.173. The Kier molecular flexibility index (Phi) is 5.86. The number of fused-ring (bicyclic) bond motifs is 17. The molecule has 0 unspecified atom stereocenters. The molecule has 0 amide bonds. The van der Waals surface area contributed by atoms with Crippen molar-refractivity contribution in [3.8, 4) is 22.3 Å². The van der Waals surface area contributed by atoms with E-state index >= 15 is 0 Å². The minimum atomic E-state index is -0.499. The summed E-state index contributed by atoms with van der Waals surface area (Å²) in [5, 5.41) is 7.74. The van der Waals surface area contributed by atoms with Gasteiger partial charge < -0.3 is 4.90 Å². The fourth-order valence-electron chi connectivity index (χ4n) is 9.62. The van der Waals surface area contributed by atoms with E-state index in [1.54, 1.807) is 0 Å². The van der Waals surface area contributed by atoms with Crippen LogP contribution in [0, 0.1) is 6.92 Å². The first-order valence-corrected chi connectivity index (χ1v) is 17.9. The Bertz CT molecular complexity index is 2840. The maximum atomic E-state index is 2.52. The fourth-order valence-corrected chi connectivity index (χ4v) is 9.62. The highest BCUT2D eigenvalue weighted by atomic mass is 15.1. The summed E-state index contributed by atoms with van der Waals surface area (Å²) in [4.78, 5) is 2.46. The summed E-state index contributed by atoms with van der Waals surface area (Å²) >= 11 is 0. The van der Waals surface area contributed by atoms with Gasteiger partial charge >= 0.3 is 0 Å². The number of nitrogens with zero attached hydrogens (tertiary/aromatic N) is 1. The van der Waals surface area contributed by atoms with Crippen molar-refractivity contribution in [2.24, 2.45) is 0 Å². The minimum Gasteiger partial charge on any atom is -0.310 e. The molecule has 1 nitrogen and oxygen atoms in total. The van der Waals surface area contributed by atoms with Crippen LogP contribution in [0.4, 0.5) is 17.1 Å². The summed E-state index contributed by atoms with van der Waals surface area (Å²) in [5.74, 6) is 0. The Labute approximate surface area is 297 Å². The number of para-hydroxylation sites is 1. The van der Waals surface area contributed by atoms with E-state index in [2.05, 4.69) is 194 Å². The second kappa shape index (κ2) is 10.5. The third-order valence-electron chi connectivity index (χ3n) is 11.4. The first-order chi connectivity index (χ1) is 25.2. The maximum absolute atomic E-state index is 2.52. The lowest BCUT2D eigenvalue weighted by molar-refractivity contribution is 0.809. The van der Waals surface area contributed by atoms with Crippen LogP contribution in [0.1, 0.15) is 27.8 Å². The first kappa shape index (κ1) is 28.4. The van der Waals surface area contributed by atoms with Crippen molar-refractivity contribution < 1.29 is 0 Å². The number of anilines is 3. The van der Waals surface area contributed by atoms with Gasteiger partial charge in [0.25, 0.3) is 0 Å². The van der Waals surface area contributed by atoms with Crippen LogP contribution in [-0.4, -0.2) is 0 Å². The molecule has 0 aliphatic heterocycles. The summed E-state index contributed by atoms with van der Waals surface area (Å²) < 4.78 is 0. The van der Waals surface area contributed by atoms with E-state index in [-0.39, 0.29) is 0 Å². The zero-order valence-electron chi connectivity index (χ0n) is 28.3. The average Bonchev–Trinajstić information content (AvgIpc) is 3.66. The van der Waals surface area contributed by atoms with E-state index in [0.29, 0.717) is 0 Å². The Morgan fingerprint density at radius 2 is 0.882 bits per heavy atom. The van der Waals surface area contributed by atoms with Gasteiger partial charge in [0.15, 0.2) is 0 Å². The van der Waals surface area contributed by atoms with E-state index in [4.69, 9.17) is 0 Å². The Morgan fingerprint density at radius 3 is 1.55 bits per heavy atom. The molecule has 11 rings (SSSR count). The molecule has 0 heterocycles. The molecule has 9 aromatic rings. The summed E-state index contributed by atoms with van der Waals surface area (Å²) in [5.41, 5.74) is 15.0. The zero-order valence-corrected chi connectivity index (χ0v) is 28.3. The molecule has 0 aromatic heterocycles. The van der Waals surface area contributed by atoms with Crippen molar-refractivity contribution in [1.29, 1.82) is 0 Å². The number of benzene rings is 9. The monoisotopic (exact) mass is 647 g/mol. The molecular weight excluding hydrogens is 615 g/mol. The van der Waals surface area contributed by atoms with E-state index in [9.17, 15) is 0 Å². The van der Waals surface area contributed by atoms with Crippen molar-refractivity contribution in [3.05, 3.63) is 210 Å². The number of rotatable bonds is 3. The molecule has 1 spiro atoms. The third kappa shape index (κ3) is 3.70. The van der Waals surface area contributed by atoms with Crippen molar-refractivity contribution >= 4 is 49.4 Å². The van der Waals surface area contributed by atoms with Gasteiger partial charge in [0.1, 0.15) is 0 Å². The molecule has 51 heavy (non-hydrogen) atoms. The lowest BCUT2D eigenvalue weighted by Crippen LogP contribution is -2.26. The molecule has 0 atom stereocenters. The predicted octanol–water partition coefficient (Wildman–Crippen LogP) is 13.3. The normalized spacial score (nSPS) is 13.4. The largest absolute Gasteiger partial charge is 0.310 e. The van der Waals surface area contributed by atoms with Crippen LogP contribution in [0.3, 0.4) is 0 Å². The molecule has 1 heteroatoms. The van der Waals surface area contributed by atoms with Gasteiger partial charge in [-0.05, 0) is 114 Å². The third-order valence-corrected chi connectivity index (χ3v) is 11.4. The van der Waals surface area contributed by atoms with E-state index in [1.165, 1.54) is 88.1 Å². The number of hydrogen-bond donors (Lipinski definition) is 0. The van der Waals surface area contributed by atoms with Gasteiger partial charge in [-0.3, -0.25) is 0 Å². The molecule has 0 bridgehead atoms. The molecule has 0 saturated heterocycles. The van der Waals surface area contributed by atoms with Crippen molar-refractivity contribution in [2.75, 3.05) is 4.90 Å². The summed E-state index contributed by atoms with van der Waals surface area (Å²) in [6.07, 6.45) is 0. The van der Waals surface area contributed by atoms with Crippen LogP contribution in [0.2, 0.25) is 0 Å². The zero-order chi connectivity index (χ0) is 33.7. The summed E-state index contributed by atoms with van der Waals surface area (Å²) in [6.45, 7) is 2.18. The maximum Gasteiger partial charge on any atom is 0.0737 e. The second-order valence-electron chi connectivity index (χ2n) is 14.1. The molecule has 2 aliphatic rings. The van der Waals surface area contributed by atoms with Crippen molar-refractivity contribution in [3.63, 3.8) is 0 Å². The number of hydrogen-bond acceptors (Lipinski definition) is 1. The topological polar surface area (TPSA) is 3.24 Å². The molecular formula is C50H33N. The lowest BCUT2D eigenvalue weighted by Gasteiger charge is -2.33. The average molecular weight is 648 g/mol. The summed E-state index contributed by atoms with van der Waals surface area (Å²) in [6, 6.07) is 67.9. The Balaban J connectivity index is 1.39. The summed E-state index contributed by atoms with van der Waals surface area (Å²) in [7, 11) is 0. The molecule has 0 saturated carbocycles. The lowest BCUT2D eigenvalue weighted by atomic mass is 9.68. The standard InChI is InChI=1S/C50H33N/c1-32-16-15-19-34(30-32)51(33-17-3-2-4-18-33)46-31-43-47-40-25-8-5-20-35(40)36-21-6-9-26-41(36)49(47)50(48(43)42-27-10-7-24-39(42)46)44-28-13-11-22-37(44)38-23-12-14-29-45(38)50/h2-31H,1H3. The van der Waals surface area contributed by atoms with Gasteiger partial charge in [0.05, 0.1) is 11.1 Å². The van der Waals surface area contributed by atoms with Gasteiger partial charge in [-0.1, -0.05) is 152 Å². The fraction of sp³-hybridized carbons (Fsp3) is 0.0400. The smallest absolute Gasteiger partial charge is 0.0737 e. The highest BCUT2D eigenvalue weighted by Gasteiger charge is 2.54. The number of aryl methyl sites for hydroxylation is 1. The van der Waals surface area contributed by atoms with E-state index in [0.717, 1.165) is 11.4 Å². The second-order valence-corrected chi connectivity index (χ2v) is 14.1. The molecule has 2 aliphatic carbocycles. The van der Waals surface area contributed by atoms with E-state index < -0.39 is 5.41 Å². The highest BCUT2D eigenvalue weighted by molar-refractivity contribution is 6.22. The van der Waals surface area contributed by atoms with Crippen LogP contribution in [-0.2, 0) is 5.41 Å². The molecule has 9 aromatic carbocycles. The van der Waals surface area contributed by atoms with Gasteiger partial charge in [-0.2, -0.15) is 0 Å². The van der Waals surface area contributed by atoms with Crippen molar-refractivity contribution in [2.45, 2.75) is 12.3 Å². The Morgan fingerprint density at radius 1 is 0.373 bits per heavy atom. The first-order valence-electron chi connectivity index (χ1n) is 17.9. The molecule has 0 N–H and O–H groups in total. The predicted molar refractivity (Wildman–Crippen MR) is 215 cm³/mol.